The SMILES string of the molecule is CC(C)(C)CC(=O)Cc1nc(-c2ccccc2)cs1. The maximum atomic E-state index is 11.9. The molecule has 0 saturated carbocycles. The predicted octanol–water partition coefficient (Wildman–Crippen LogP) is 4.36. The third-order valence-corrected chi connectivity index (χ3v) is 3.55. The summed E-state index contributed by atoms with van der Waals surface area (Å²) in [7, 11) is 0. The van der Waals surface area contributed by atoms with E-state index in [0.717, 1.165) is 16.3 Å². The van der Waals surface area contributed by atoms with Gasteiger partial charge in [-0.05, 0) is 5.41 Å². The normalized spacial score (nSPS) is 11.5. The van der Waals surface area contributed by atoms with E-state index in [0.29, 0.717) is 12.8 Å². The Balaban J connectivity index is 2.04. The average Bonchev–Trinajstić information content (AvgIpc) is 2.76. The van der Waals surface area contributed by atoms with E-state index in [4.69, 9.17) is 0 Å². The average molecular weight is 273 g/mol. The Bertz CT molecular complexity index is 552. The molecular formula is C16H19NOS. The Hall–Kier alpha value is -1.48. The van der Waals surface area contributed by atoms with E-state index in [1.54, 1.807) is 11.3 Å². The first-order chi connectivity index (χ1) is 8.94. The highest BCUT2D eigenvalue weighted by atomic mass is 32.1. The summed E-state index contributed by atoms with van der Waals surface area (Å²) in [5, 5.41) is 2.93. The van der Waals surface area contributed by atoms with Crippen molar-refractivity contribution in [1.29, 1.82) is 0 Å². The molecule has 3 heteroatoms. The number of hydrogen-bond acceptors (Lipinski definition) is 3. The van der Waals surface area contributed by atoms with E-state index >= 15 is 0 Å². The van der Waals surface area contributed by atoms with Gasteiger partial charge in [-0.15, -0.1) is 11.3 Å². The molecule has 0 amide bonds. The highest BCUT2D eigenvalue weighted by Gasteiger charge is 2.17. The Labute approximate surface area is 118 Å². The number of ketones is 1. The van der Waals surface area contributed by atoms with Crippen molar-refractivity contribution in [3.05, 3.63) is 40.7 Å². The molecule has 1 heterocycles. The van der Waals surface area contributed by atoms with Crippen LogP contribution in [0.4, 0.5) is 0 Å². The number of carbonyl (C=O) groups excluding carboxylic acids is 1. The van der Waals surface area contributed by atoms with Crippen LogP contribution in [0.5, 0.6) is 0 Å². The number of benzene rings is 1. The molecule has 1 aromatic carbocycles. The van der Waals surface area contributed by atoms with Gasteiger partial charge >= 0.3 is 0 Å². The van der Waals surface area contributed by atoms with Gasteiger partial charge in [-0.3, -0.25) is 4.79 Å². The van der Waals surface area contributed by atoms with Gasteiger partial charge in [0.15, 0.2) is 0 Å². The van der Waals surface area contributed by atoms with Crippen molar-refractivity contribution in [3.8, 4) is 11.3 Å². The fourth-order valence-corrected chi connectivity index (χ4v) is 2.79. The van der Waals surface area contributed by atoms with Crippen molar-refractivity contribution in [2.24, 2.45) is 5.41 Å². The van der Waals surface area contributed by atoms with Crippen LogP contribution in [0.1, 0.15) is 32.2 Å². The zero-order valence-corrected chi connectivity index (χ0v) is 12.5. The van der Waals surface area contributed by atoms with Crippen LogP contribution in [0.25, 0.3) is 11.3 Å². The molecule has 0 bridgehead atoms. The molecule has 0 aliphatic carbocycles. The summed E-state index contributed by atoms with van der Waals surface area (Å²) in [5.41, 5.74) is 2.12. The topological polar surface area (TPSA) is 30.0 Å². The van der Waals surface area contributed by atoms with Crippen LogP contribution >= 0.6 is 11.3 Å². The second kappa shape index (κ2) is 5.66. The van der Waals surface area contributed by atoms with Gasteiger partial charge in [0.1, 0.15) is 10.8 Å². The number of Topliss-reactive ketones (excluding diaryl/α,β-unsaturated/α-hetero) is 1. The van der Waals surface area contributed by atoms with Crippen molar-refractivity contribution in [1.82, 2.24) is 4.98 Å². The van der Waals surface area contributed by atoms with E-state index in [9.17, 15) is 4.79 Å². The largest absolute Gasteiger partial charge is 0.299 e. The van der Waals surface area contributed by atoms with Crippen molar-refractivity contribution < 1.29 is 4.79 Å². The summed E-state index contributed by atoms with van der Waals surface area (Å²) in [6.07, 6.45) is 1.06. The molecule has 2 rings (SSSR count). The third kappa shape index (κ3) is 4.28. The van der Waals surface area contributed by atoms with Crippen LogP contribution in [0.2, 0.25) is 0 Å². The van der Waals surface area contributed by atoms with Crippen LogP contribution in [-0.4, -0.2) is 10.8 Å². The van der Waals surface area contributed by atoms with Crippen molar-refractivity contribution in [3.63, 3.8) is 0 Å². The number of carbonyl (C=O) groups is 1. The zero-order chi connectivity index (χ0) is 13.9. The minimum Gasteiger partial charge on any atom is -0.299 e. The summed E-state index contributed by atoms with van der Waals surface area (Å²) < 4.78 is 0. The lowest BCUT2D eigenvalue weighted by atomic mass is 9.89. The lowest BCUT2D eigenvalue weighted by molar-refractivity contribution is -0.120. The van der Waals surface area contributed by atoms with Gasteiger partial charge in [0.25, 0.3) is 0 Å². The van der Waals surface area contributed by atoms with Crippen molar-refractivity contribution in [2.45, 2.75) is 33.6 Å². The fraction of sp³-hybridized carbons (Fsp3) is 0.375. The number of aromatic nitrogens is 1. The van der Waals surface area contributed by atoms with E-state index in [-0.39, 0.29) is 11.2 Å². The molecule has 0 unspecified atom stereocenters. The Morgan fingerprint density at radius 2 is 1.89 bits per heavy atom. The molecule has 19 heavy (non-hydrogen) atoms. The van der Waals surface area contributed by atoms with Gasteiger partial charge in [-0.1, -0.05) is 51.1 Å². The molecule has 100 valence electrons. The predicted molar refractivity (Wildman–Crippen MR) is 80.3 cm³/mol. The summed E-state index contributed by atoms with van der Waals surface area (Å²) in [6, 6.07) is 10.1. The third-order valence-electron chi connectivity index (χ3n) is 2.70. The summed E-state index contributed by atoms with van der Waals surface area (Å²) in [6.45, 7) is 6.26. The first kappa shape index (κ1) is 13.9. The van der Waals surface area contributed by atoms with Crippen molar-refractivity contribution in [2.75, 3.05) is 0 Å². The Kier molecular flexibility index (Phi) is 4.15. The van der Waals surface area contributed by atoms with Gasteiger partial charge in [0.2, 0.25) is 0 Å². The lowest BCUT2D eigenvalue weighted by Gasteiger charge is -2.15. The minimum absolute atomic E-state index is 0.0522. The van der Waals surface area contributed by atoms with Gasteiger partial charge in [0, 0.05) is 17.4 Å². The van der Waals surface area contributed by atoms with Gasteiger partial charge in [-0.2, -0.15) is 0 Å². The van der Waals surface area contributed by atoms with E-state index in [1.165, 1.54) is 0 Å². The molecular weight excluding hydrogens is 254 g/mol. The van der Waals surface area contributed by atoms with Crippen LogP contribution in [0.3, 0.4) is 0 Å². The maximum Gasteiger partial charge on any atom is 0.140 e. The van der Waals surface area contributed by atoms with Gasteiger partial charge in [0.05, 0.1) is 12.1 Å². The standard InChI is InChI=1S/C16H19NOS/c1-16(2,3)10-13(18)9-15-17-14(11-19-15)12-7-5-4-6-8-12/h4-8,11H,9-10H2,1-3H3. The smallest absolute Gasteiger partial charge is 0.140 e. The second-order valence-corrected chi connectivity index (χ2v) is 6.89. The van der Waals surface area contributed by atoms with Crippen LogP contribution < -0.4 is 0 Å². The molecule has 0 radical (unpaired) electrons. The molecule has 0 atom stereocenters. The highest BCUT2D eigenvalue weighted by Crippen LogP contribution is 2.24. The molecule has 0 spiro atoms. The molecule has 0 saturated heterocycles. The Morgan fingerprint density at radius 1 is 1.21 bits per heavy atom. The number of rotatable bonds is 4. The molecule has 0 aliphatic rings. The second-order valence-electron chi connectivity index (χ2n) is 5.95. The first-order valence-corrected chi connectivity index (χ1v) is 7.33. The molecule has 0 aliphatic heterocycles. The zero-order valence-electron chi connectivity index (χ0n) is 11.6. The molecule has 0 N–H and O–H groups in total. The number of thiazole rings is 1. The Morgan fingerprint density at radius 3 is 2.53 bits per heavy atom. The number of nitrogens with zero attached hydrogens (tertiary/aromatic N) is 1. The lowest BCUT2D eigenvalue weighted by Crippen LogP contribution is -2.14. The van der Waals surface area contributed by atoms with E-state index in [2.05, 4.69) is 25.8 Å². The quantitative estimate of drug-likeness (QED) is 0.828. The van der Waals surface area contributed by atoms with Crippen molar-refractivity contribution >= 4 is 17.1 Å². The van der Waals surface area contributed by atoms with Crippen LogP contribution in [0.15, 0.2) is 35.7 Å². The first-order valence-electron chi connectivity index (χ1n) is 6.45. The molecule has 2 nitrogen and oxygen atoms in total. The summed E-state index contributed by atoms with van der Waals surface area (Å²) in [4.78, 5) is 16.5. The molecule has 2 aromatic rings. The van der Waals surface area contributed by atoms with Crippen LogP contribution in [0, 0.1) is 5.41 Å². The van der Waals surface area contributed by atoms with Gasteiger partial charge < -0.3 is 0 Å². The fourth-order valence-electron chi connectivity index (χ4n) is 1.96. The number of hydrogen-bond donors (Lipinski definition) is 0. The van der Waals surface area contributed by atoms with Crippen LogP contribution in [-0.2, 0) is 11.2 Å². The molecule has 1 aromatic heterocycles. The summed E-state index contributed by atoms with van der Waals surface area (Å²) in [5.74, 6) is 0.265. The monoisotopic (exact) mass is 273 g/mol. The minimum atomic E-state index is 0.0522. The van der Waals surface area contributed by atoms with Gasteiger partial charge in [-0.25, -0.2) is 4.98 Å². The van der Waals surface area contributed by atoms with E-state index in [1.807, 2.05) is 35.7 Å². The maximum absolute atomic E-state index is 11.9. The highest BCUT2D eigenvalue weighted by molar-refractivity contribution is 7.10. The van der Waals surface area contributed by atoms with E-state index < -0.39 is 0 Å². The molecule has 0 fully saturated rings. The summed E-state index contributed by atoms with van der Waals surface area (Å²) >= 11 is 1.57.